The van der Waals surface area contributed by atoms with Crippen LogP contribution in [0.25, 0.3) is 6.08 Å². The molecule has 0 bridgehead atoms. The van der Waals surface area contributed by atoms with E-state index in [-0.39, 0.29) is 18.2 Å². The summed E-state index contributed by atoms with van der Waals surface area (Å²) in [5, 5.41) is 9.86. The van der Waals surface area contributed by atoms with Gasteiger partial charge in [-0.15, -0.1) is 23.4 Å². The van der Waals surface area contributed by atoms with Crippen molar-refractivity contribution in [1.82, 2.24) is 15.5 Å². The van der Waals surface area contributed by atoms with Gasteiger partial charge in [0.15, 0.2) is 0 Å². The van der Waals surface area contributed by atoms with Gasteiger partial charge in [0, 0.05) is 13.0 Å². The maximum Gasteiger partial charge on any atom is 0.573 e. The van der Waals surface area contributed by atoms with Crippen molar-refractivity contribution in [2.24, 2.45) is 0 Å². The van der Waals surface area contributed by atoms with Gasteiger partial charge in [-0.3, -0.25) is 4.79 Å². The second-order valence-electron chi connectivity index (χ2n) is 4.38. The molecular formula is C14H12F3N3O3. The third-order valence-electron chi connectivity index (χ3n) is 2.52. The first-order valence-electron chi connectivity index (χ1n) is 6.42. The van der Waals surface area contributed by atoms with E-state index >= 15 is 0 Å². The molecule has 1 N–H and O–H groups in total. The molecule has 6 nitrogen and oxygen atoms in total. The Morgan fingerprint density at radius 3 is 2.57 bits per heavy atom. The summed E-state index contributed by atoms with van der Waals surface area (Å²) in [4.78, 5) is 11.6. The van der Waals surface area contributed by atoms with Gasteiger partial charge < -0.3 is 14.5 Å². The molecular weight excluding hydrogens is 315 g/mol. The molecule has 0 fully saturated rings. The SMILES string of the molecule is Cc1nnc(CNC(=O)C=Cc2ccc(OC(F)(F)F)cc2)o1. The Morgan fingerprint density at radius 1 is 1.30 bits per heavy atom. The predicted molar refractivity (Wildman–Crippen MR) is 73.0 cm³/mol. The number of ether oxygens (including phenoxy) is 1. The lowest BCUT2D eigenvalue weighted by molar-refractivity contribution is -0.274. The van der Waals surface area contributed by atoms with Crippen LogP contribution in [0.15, 0.2) is 34.8 Å². The molecule has 1 aromatic heterocycles. The highest BCUT2D eigenvalue weighted by Gasteiger charge is 2.30. The highest BCUT2D eigenvalue weighted by molar-refractivity contribution is 5.91. The number of carbonyl (C=O) groups excluding carboxylic acids is 1. The summed E-state index contributed by atoms with van der Waals surface area (Å²) in [7, 11) is 0. The van der Waals surface area contributed by atoms with Crippen LogP contribution >= 0.6 is 0 Å². The molecule has 0 saturated carbocycles. The van der Waals surface area contributed by atoms with Crippen molar-refractivity contribution in [3.63, 3.8) is 0 Å². The zero-order chi connectivity index (χ0) is 16.9. The maximum atomic E-state index is 12.0. The van der Waals surface area contributed by atoms with Crippen LogP contribution < -0.4 is 10.1 Å². The van der Waals surface area contributed by atoms with Crippen LogP contribution in [0.2, 0.25) is 0 Å². The van der Waals surface area contributed by atoms with Crippen LogP contribution in [0.4, 0.5) is 13.2 Å². The summed E-state index contributed by atoms with van der Waals surface area (Å²) in [5.41, 5.74) is 0.545. The molecule has 1 aromatic carbocycles. The summed E-state index contributed by atoms with van der Waals surface area (Å²) >= 11 is 0. The standard InChI is InChI=1S/C14H12F3N3O3/c1-9-19-20-13(22-9)8-18-12(21)7-4-10-2-5-11(6-3-10)23-14(15,16)17/h2-7H,8H2,1H3,(H,18,21). The second-order valence-corrected chi connectivity index (χ2v) is 4.38. The fourth-order valence-electron chi connectivity index (χ4n) is 1.58. The van der Waals surface area contributed by atoms with Gasteiger partial charge in [-0.25, -0.2) is 0 Å². The molecule has 0 aliphatic rings. The molecule has 2 aromatic rings. The third kappa shape index (κ3) is 5.81. The topological polar surface area (TPSA) is 77.2 Å². The van der Waals surface area contributed by atoms with Crippen LogP contribution in [0.3, 0.4) is 0 Å². The Morgan fingerprint density at radius 2 is 2.00 bits per heavy atom. The first kappa shape index (κ1) is 16.5. The number of halogens is 3. The summed E-state index contributed by atoms with van der Waals surface area (Å²) in [6.45, 7) is 1.72. The quantitative estimate of drug-likeness (QED) is 0.854. The molecule has 0 saturated heterocycles. The molecule has 9 heteroatoms. The summed E-state index contributed by atoms with van der Waals surface area (Å²) in [6.07, 6.45) is -2.04. The molecule has 122 valence electrons. The van der Waals surface area contributed by atoms with Crippen LogP contribution in [0.5, 0.6) is 5.75 Å². The van der Waals surface area contributed by atoms with E-state index in [9.17, 15) is 18.0 Å². The average Bonchev–Trinajstić information content (AvgIpc) is 2.88. The van der Waals surface area contributed by atoms with Gasteiger partial charge in [0.25, 0.3) is 0 Å². The van der Waals surface area contributed by atoms with Gasteiger partial charge in [0.05, 0.1) is 6.54 Å². The minimum absolute atomic E-state index is 0.0857. The van der Waals surface area contributed by atoms with Crippen LogP contribution in [-0.4, -0.2) is 22.5 Å². The summed E-state index contributed by atoms with van der Waals surface area (Å²) in [6, 6.07) is 5.11. The number of alkyl halides is 3. The summed E-state index contributed by atoms with van der Waals surface area (Å²) in [5.74, 6) is -0.0637. The molecule has 0 unspecified atom stereocenters. The van der Waals surface area contributed by atoms with Gasteiger partial charge >= 0.3 is 6.36 Å². The number of benzene rings is 1. The lowest BCUT2D eigenvalue weighted by Crippen LogP contribution is -2.20. The second kappa shape index (κ2) is 6.95. The number of rotatable bonds is 5. The molecule has 0 radical (unpaired) electrons. The van der Waals surface area contributed by atoms with Crippen molar-refractivity contribution < 1.29 is 27.1 Å². The van der Waals surface area contributed by atoms with Crippen LogP contribution in [0.1, 0.15) is 17.3 Å². The number of aromatic nitrogens is 2. The van der Waals surface area contributed by atoms with E-state index in [1.807, 2.05) is 0 Å². The smallest absolute Gasteiger partial charge is 0.424 e. The first-order chi connectivity index (χ1) is 10.8. The Balaban J connectivity index is 1.85. The molecule has 0 aliphatic heterocycles. The molecule has 0 aliphatic carbocycles. The number of carbonyl (C=O) groups is 1. The van der Waals surface area contributed by atoms with Gasteiger partial charge in [-0.05, 0) is 23.8 Å². The fraction of sp³-hybridized carbons (Fsp3) is 0.214. The minimum atomic E-state index is -4.73. The highest BCUT2D eigenvalue weighted by Crippen LogP contribution is 2.22. The Kier molecular flexibility index (Phi) is 4.99. The van der Waals surface area contributed by atoms with Gasteiger partial charge in [0.2, 0.25) is 17.7 Å². The van der Waals surface area contributed by atoms with Crippen LogP contribution in [-0.2, 0) is 11.3 Å². The molecule has 2 rings (SSSR count). The van der Waals surface area contributed by atoms with Crippen molar-refractivity contribution in [2.45, 2.75) is 19.8 Å². The number of amides is 1. The first-order valence-corrected chi connectivity index (χ1v) is 6.42. The van der Waals surface area contributed by atoms with Crippen molar-refractivity contribution in [3.8, 4) is 5.75 Å². The molecule has 1 amide bonds. The summed E-state index contributed by atoms with van der Waals surface area (Å²) < 4.78 is 44.9. The number of nitrogens with one attached hydrogen (secondary N) is 1. The third-order valence-corrected chi connectivity index (χ3v) is 2.52. The van der Waals surface area contributed by atoms with E-state index < -0.39 is 12.3 Å². The van der Waals surface area contributed by atoms with E-state index in [2.05, 4.69) is 20.3 Å². The average molecular weight is 327 g/mol. The van der Waals surface area contributed by atoms with Crippen molar-refractivity contribution in [1.29, 1.82) is 0 Å². The number of nitrogens with zero attached hydrogens (tertiary/aromatic N) is 2. The highest BCUT2D eigenvalue weighted by atomic mass is 19.4. The zero-order valence-corrected chi connectivity index (χ0v) is 11.9. The fourth-order valence-corrected chi connectivity index (χ4v) is 1.58. The largest absolute Gasteiger partial charge is 0.573 e. The lowest BCUT2D eigenvalue weighted by atomic mass is 10.2. The Bertz CT molecular complexity index is 693. The Hall–Kier alpha value is -2.84. The lowest BCUT2D eigenvalue weighted by Gasteiger charge is -2.08. The van der Waals surface area contributed by atoms with E-state index in [1.54, 1.807) is 6.92 Å². The number of hydrogen-bond acceptors (Lipinski definition) is 5. The van der Waals surface area contributed by atoms with Gasteiger partial charge in [-0.1, -0.05) is 12.1 Å². The monoisotopic (exact) mass is 327 g/mol. The van der Waals surface area contributed by atoms with Gasteiger partial charge in [-0.2, -0.15) is 0 Å². The van der Waals surface area contributed by atoms with E-state index in [0.29, 0.717) is 11.5 Å². The molecule has 0 atom stereocenters. The zero-order valence-electron chi connectivity index (χ0n) is 11.9. The molecule has 23 heavy (non-hydrogen) atoms. The maximum absolute atomic E-state index is 12.0. The van der Waals surface area contributed by atoms with E-state index in [1.165, 1.54) is 24.3 Å². The van der Waals surface area contributed by atoms with Gasteiger partial charge in [0.1, 0.15) is 5.75 Å². The Labute approximate surface area is 129 Å². The molecule has 1 heterocycles. The van der Waals surface area contributed by atoms with Crippen molar-refractivity contribution >= 4 is 12.0 Å². The van der Waals surface area contributed by atoms with E-state index in [0.717, 1.165) is 12.1 Å². The molecule has 0 spiro atoms. The number of hydrogen-bond donors (Lipinski definition) is 1. The number of aryl methyl sites for hydroxylation is 1. The van der Waals surface area contributed by atoms with Crippen molar-refractivity contribution in [2.75, 3.05) is 0 Å². The van der Waals surface area contributed by atoms with E-state index in [4.69, 9.17) is 4.42 Å². The predicted octanol–water partition coefficient (Wildman–Crippen LogP) is 2.61. The minimum Gasteiger partial charge on any atom is -0.424 e. The van der Waals surface area contributed by atoms with Crippen molar-refractivity contribution in [3.05, 3.63) is 47.7 Å². The van der Waals surface area contributed by atoms with Crippen LogP contribution in [0, 0.1) is 6.92 Å². The normalized spacial score (nSPS) is 11.7.